The molecule has 2 aromatic rings. The Morgan fingerprint density at radius 1 is 1.06 bits per heavy atom. The van der Waals surface area contributed by atoms with Crippen LogP contribution < -0.4 is 9.47 Å². The van der Waals surface area contributed by atoms with Gasteiger partial charge >= 0.3 is 0 Å². The second-order valence-corrected chi connectivity index (χ2v) is 8.94. The van der Waals surface area contributed by atoms with E-state index >= 15 is 0 Å². The molecule has 34 heavy (non-hydrogen) atoms. The van der Waals surface area contributed by atoms with E-state index in [1.807, 2.05) is 55.5 Å². The van der Waals surface area contributed by atoms with Gasteiger partial charge in [-0.15, -0.1) is 5.10 Å². The molecule has 3 aliphatic heterocycles. The van der Waals surface area contributed by atoms with Crippen molar-refractivity contribution in [1.29, 1.82) is 5.41 Å². The zero-order chi connectivity index (χ0) is 23.5. The molecule has 2 aromatic carbocycles. The molecule has 8 nitrogen and oxygen atoms in total. The molecule has 1 N–H and O–H groups in total. The summed E-state index contributed by atoms with van der Waals surface area (Å²) < 4.78 is 11.8. The van der Waals surface area contributed by atoms with Crippen LogP contribution in [0.4, 0.5) is 0 Å². The van der Waals surface area contributed by atoms with Crippen LogP contribution >= 0.6 is 11.8 Å². The third-order valence-corrected chi connectivity index (χ3v) is 6.61. The molecule has 0 aromatic heterocycles. The predicted molar refractivity (Wildman–Crippen MR) is 134 cm³/mol. The Morgan fingerprint density at radius 3 is 2.62 bits per heavy atom. The fourth-order valence-electron chi connectivity index (χ4n) is 3.92. The van der Waals surface area contributed by atoms with Crippen LogP contribution in [-0.4, -0.2) is 51.7 Å². The molecule has 3 heterocycles. The Bertz CT molecular complexity index is 1200. The number of amides is 1. The number of aliphatic imine (C=N–C) groups is 1. The van der Waals surface area contributed by atoms with Gasteiger partial charge in [-0.25, -0.2) is 0 Å². The normalized spacial score (nSPS) is 18.8. The fraction of sp³-hybridized carbons (Fsp3) is 0.280. The lowest BCUT2D eigenvalue weighted by atomic mass is 10.1. The number of fused-ring (bicyclic) bond motifs is 1. The first-order valence-corrected chi connectivity index (χ1v) is 12.1. The molecule has 1 fully saturated rings. The van der Waals surface area contributed by atoms with Gasteiger partial charge in [-0.1, -0.05) is 36.4 Å². The molecule has 0 unspecified atom stereocenters. The Kier molecular flexibility index (Phi) is 6.35. The summed E-state index contributed by atoms with van der Waals surface area (Å²) in [7, 11) is 0. The SMILES string of the molecule is CCOc1cc(/C=C2/C(=N)N3N=C(N4CCCC4)SC3=NC2=O)ccc1OCc1ccccc1. The van der Waals surface area contributed by atoms with Crippen LogP contribution in [0.1, 0.15) is 30.9 Å². The number of carbonyl (C=O) groups is 1. The topological polar surface area (TPSA) is 90.6 Å². The van der Waals surface area contributed by atoms with Crippen molar-refractivity contribution in [2.75, 3.05) is 19.7 Å². The van der Waals surface area contributed by atoms with Crippen LogP contribution in [0.5, 0.6) is 11.5 Å². The number of thioether (sulfide) groups is 1. The molecule has 5 rings (SSSR count). The third-order valence-electron chi connectivity index (χ3n) is 5.64. The largest absolute Gasteiger partial charge is 0.490 e. The maximum atomic E-state index is 12.8. The molecule has 0 bridgehead atoms. The second-order valence-electron chi connectivity index (χ2n) is 8.01. The molecule has 174 valence electrons. The van der Waals surface area contributed by atoms with E-state index in [0.717, 1.165) is 42.2 Å². The van der Waals surface area contributed by atoms with Gasteiger partial charge in [0, 0.05) is 13.1 Å². The molecule has 1 saturated heterocycles. The highest BCUT2D eigenvalue weighted by molar-refractivity contribution is 8.26. The summed E-state index contributed by atoms with van der Waals surface area (Å²) in [6.45, 7) is 4.68. The first kappa shape index (κ1) is 22.2. The number of nitrogens with one attached hydrogen (secondary N) is 1. The lowest BCUT2D eigenvalue weighted by molar-refractivity contribution is -0.114. The standard InChI is InChI=1S/C25H25N5O3S/c1-2-32-21-15-18(10-11-20(21)33-16-17-8-4-3-5-9-17)14-19-22(26)30-24(27-23(19)31)34-25(28-30)29-12-6-7-13-29/h3-5,8-11,14-15,26H,2,6-7,12-13,16H2,1H3/b19-14-,26-22?. The van der Waals surface area contributed by atoms with E-state index in [1.165, 1.54) is 16.8 Å². The monoisotopic (exact) mass is 475 g/mol. The number of hydrogen-bond acceptors (Lipinski definition) is 7. The minimum Gasteiger partial charge on any atom is -0.490 e. The molecular formula is C25H25N5O3S. The second kappa shape index (κ2) is 9.72. The number of hydrogen-bond donors (Lipinski definition) is 1. The predicted octanol–water partition coefficient (Wildman–Crippen LogP) is 4.34. The molecule has 0 radical (unpaired) electrons. The molecule has 3 aliphatic rings. The maximum absolute atomic E-state index is 12.8. The van der Waals surface area contributed by atoms with Crippen LogP contribution in [0.25, 0.3) is 6.08 Å². The highest BCUT2D eigenvalue weighted by Crippen LogP contribution is 2.33. The summed E-state index contributed by atoms with van der Waals surface area (Å²) >= 11 is 1.35. The van der Waals surface area contributed by atoms with Crippen LogP contribution in [-0.2, 0) is 11.4 Å². The van der Waals surface area contributed by atoms with Crippen molar-refractivity contribution in [3.63, 3.8) is 0 Å². The molecule has 1 amide bonds. The number of ether oxygens (including phenoxy) is 2. The summed E-state index contributed by atoms with van der Waals surface area (Å²) in [6.07, 6.45) is 3.91. The van der Waals surface area contributed by atoms with Gasteiger partial charge in [-0.05, 0) is 60.9 Å². The quantitative estimate of drug-likeness (QED) is 0.625. The molecule has 0 aliphatic carbocycles. The molecule has 0 atom stereocenters. The molecule has 9 heteroatoms. The summed E-state index contributed by atoms with van der Waals surface area (Å²) in [5, 5.41) is 15.9. The first-order valence-electron chi connectivity index (χ1n) is 11.3. The molecular weight excluding hydrogens is 450 g/mol. The van der Waals surface area contributed by atoms with E-state index in [0.29, 0.717) is 29.9 Å². The van der Waals surface area contributed by atoms with Crippen molar-refractivity contribution in [2.24, 2.45) is 10.1 Å². The third kappa shape index (κ3) is 4.56. The van der Waals surface area contributed by atoms with Gasteiger partial charge in [0.25, 0.3) is 5.91 Å². The zero-order valence-electron chi connectivity index (χ0n) is 18.9. The smallest absolute Gasteiger partial charge is 0.283 e. The summed E-state index contributed by atoms with van der Waals surface area (Å²) in [5.41, 5.74) is 1.97. The van der Waals surface area contributed by atoms with Crippen LogP contribution in [0.2, 0.25) is 0 Å². The average molecular weight is 476 g/mol. The fourth-order valence-corrected chi connectivity index (χ4v) is 4.87. The van der Waals surface area contributed by atoms with Gasteiger partial charge in [0.1, 0.15) is 6.61 Å². The maximum Gasteiger partial charge on any atom is 0.283 e. The lowest BCUT2D eigenvalue weighted by Gasteiger charge is -2.20. The minimum absolute atomic E-state index is 0.0269. The van der Waals surface area contributed by atoms with Gasteiger partial charge in [0.2, 0.25) is 5.17 Å². The minimum atomic E-state index is -0.441. The molecule has 0 spiro atoms. The summed E-state index contributed by atoms with van der Waals surface area (Å²) in [5.74, 6) is 0.787. The average Bonchev–Trinajstić information content (AvgIpc) is 3.52. The van der Waals surface area contributed by atoms with Gasteiger partial charge in [0.05, 0.1) is 12.2 Å². The zero-order valence-corrected chi connectivity index (χ0v) is 19.7. The Hall–Kier alpha value is -3.59. The van der Waals surface area contributed by atoms with Gasteiger partial charge in [-0.3, -0.25) is 10.2 Å². The van der Waals surface area contributed by atoms with E-state index < -0.39 is 5.91 Å². The lowest BCUT2D eigenvalue weighted by Crippen LogP contribution is -2.35. The van der Waals surface area contributed by atoms with Crippen molar-refractivity contribution in [2.45, 2.75) is 26.4 Å². The highest BCUT2D eigenvalue weighted by Gasteiger charge is 2.37. The van der Waals surface area contributed by atoms with Crippen LogP contribution in [0, 0.1) is 5.41 Å². The summed E-state index contributed by atoms with van der Waals surface area (Å²) in [6, 6.07) is 15.4. The van der Waals surface area contributed by atoms with E-state index in [1.54, 1.807) is 6.08 Å². The van der Waals surface area contributed by atoms with E-state index in [2.05, 4.69) is 15.0 Å². The van der Waals surface area contributed by atoms with Crippen LogP contribution in [0.3, 0.4) is 0 Å². The van der Waals surface area contributed by atoms with Gasteiger partial charge in [0.15, 0.2) is 22.5 Å². The van der Waals surface area contributed by atoms with E-state index in [4.69, 9.17) is 14.9 Å². The van der Waals surface area contributed by atoms with Gasteiger partial charge < -0.3 is 14.4 Å². The number of rotatable bonds is 6. The number of benzene rings is 2. The van der Waals surface area contributed by atoms with E-state index in [-0.39, 0.29) is 11.4 Å². The highest BCUT2D eigenvalue weighted by atomic mass is 32.2. The Balaban J connectivity index is 1.37. The first-order chi connectivity index (χ1) is 16.6. The van der Waals surface area contributed by atoms with Crippen molar-refractivity contribution in [3.05, 3.63) is 65.2 Å². The Labute approximate surface area is 202 Å². The van der Waals surface area contributed by atoms with Crippen molar-refractivity contribution in [1.82, 2.24) is 9.91 Å². The van der Waals surface area contributed by atoms with Crippen LogP contribution in [0.15, 0.2) is 64.2 Å². The number of likely N-dealkylation sites (tertiary alicyclic amines) is 1. The number of hydrazone groups is 1. The van der Waals surface area contributed by atoms with E-state index in [9.17, 15) is 4.79 Å². The van der Waals surface area contributed by atoms with Crippen molar-refractivity contribution >= 4 is 39.9 Å². The number of amidine groups is 3. The molecule has 0 saturated carbocycles. The number of nitrogens with zero attached hydrogens (tertiary/aromatic N) is 4. The number of carbonyl (C=O) groups excluding carboxylic acids is 1. The van der Waals surface area contributed by atoms with Gasteiger partial charge in [-0.2, -0.15) is 10.0 Å². The summed E-state index contributed by atoms with van der Waals surface area (Å²) in [4.78, 5) is 19.1. The van der Waals surface area contributed by atoms with Crippen molar-refractivity contribution in [3.8, 4) is 11.5 Å². The Morgan fingerprint density at radius 2 is 1.85 bits per heavy atom. The van der Waals surface area contributed by atoms with Crippen molar-refractivity contribution < 1.29 is 14.3 Å².